The third-order valence-corrected chi connectivity index (χ3v) is 3.69. The van der Waals surface area contributed by atoms with E-state index in [1.165, 1.54) is 49.2 Å². The Labute approximate surface area is 98.2 Å². The number of rotatable bonds is 3. The van der Waals surface area contributed by atoms with E-state index in [-0.39, 0.29) is 0 Å². The second-order valence-electron chi connectivity index (χ2n) is 4.73. The second-order valence-corrected chi connectivity index (χ2v) is 4.73. The monoisotopic (exact) mass is 221 g/mol. The van der Waals surface area contributed by atoms with E-state index in [1.807, 2.05) is 4.68 Å². The van der Waals surface area contributed by atoms with Gasteiger partial charge in [0.25, 0.3) is 0 Å². The lowest BCUT2D eigenvalue weighted by Crippen LogP contribution is -2.05. The van der Waals surface area contributed by atoms with E-state index in [2.05, 4.69) is 26.2 Å². The summed E-state index contributed by atoms with van der Waals surface area (Å²) in [6, 6.07) is 0. The van der Waals surface area contributed by atoms with Crippen molar-refractivity contribution in [1.29, 1.82) is 0 Å². The molecule has 0 spiro atoms. The second kappa shape index (κ2) is 4.89. The Hall–Kier alpha value is -0.990. The molecule has 0 saturated heterocycles. The van der Waals surface area contributed by atoms with Crippen LogP contribution in [0.25, 0.3) is 0 Å². The van der Waals surface area contributed by atoms with E-state index in [0.717, 1.165) is 6.54 Å². The third kappa shape index (κ3) is 1.95. The van der Waals surface area contributed by atoms with E-state index in [1.54, 1.807) is 0 Å². The molecule has 1 aliphatic heterocycles. The predicted molar refractivity (Wildman–Crippen MR) is 68.0 cm³/mol. The first-order valence-electron chi connectivity index (χ1n) is 6.57. The van der Waals surface area contributed by atoms with Crippen LogP contribution in [0.2, 0.25) is 0 Å². The van der Waals surface area contributed by atoms with Gasteiger partial charge in [0.05, 0.1) is 5.69 Å². The van der Waals surface area contributed by atoms with Gasteiger partial charge in [0.15, 0.2) is 0 Å². The van der Waals surface area contributed by atoms with Gasteiger partial charge in [-0.2, -0.15) is 5.10 Å². The summed E-state index contributed by atoms with van der Waals surface area (Å²) >= 11 is 0. The number of aromatic nitrogens is 2. The summed E-state index contributed by atoms with van der Waals surface area (Å²) < 4.78 is 2.04. The van der Waals surface area contributed by atoms with Gasteiger partial charge in [0.1, 0.15) is 5.82 Å². The molecule has 0 radical (unpaired) electrons. The molecule has 1 aromatic heterocycles. The average Bonchev–Trinajstić information content (AvgIpc) is 2.51. The van der Waals surface area contributed by atoms with Gasteiger partial charge in [-0.05, 0) is 32.1 Å². The molecule has 1 N–H and O–H groups in total. The minimum atomic E-state index is 0.634. The number of hydrogen-bond acceptors (Lipinski definition) is 2. The Morgan fingerprint density at radius 2 is 2.06 bits per heavy atom. The van der Waals surface area contributed by atoms with Crippen LogP contribution in [0.15, 0.2) is 0 Å². The normalized spacial score (nSPS) is 15.8. The van der Waals surface area contributed by atoms with Crippen molar-refractivity contribution in [3.8, 4) is 0 Å². The number of hydrogen-bond donors (Lipinski definition) is 1. The minimum absolute atomic E-state index is 0.634. The van der Waals surface area contributed by atoms with Crippen LogP contribution in [0.3, 0.4) is 0 Å². The zero-order valence-electron chi connectivity index (χ0n) is 10.7. The molecule has 0 fully saturated rings. The lowest BCUT2D eigenvalue weighted by Gasteiger charge is -2.11. The summed E-state index contributed by atoms with van der Waals surface area (Å²) in [5, 5.41) is 8.25. The molecule has 3 nitrogen and oxygen atoms in total. The number of fused-ring (bicyclic) bond motifs is 1. The fourth-order valence-corrected chi connectivity index (χ4v) is 2.69. The van der Waals surface area contributed by atoms with Crippen LogP contribution in [-0.2, 0) is 13.5 Å². The molecule has 0 unspecified atom stereocenters. The molecule has 2 rings (SSSR count). The first kappa shape index (κ1) is 11.5. The summed E-state index contributed by atoms with van der Waals surface area (Å²) in [4.78, 5) is 0. The largest absolute Gasteiger partial charge is 0.370 e. The molecule has 0 amide bonds. The van der Waals surface area contributed by atoms with Crippen molar-refractivity contribution in [1.82, 2.24) is 9.78 Å². The van der Waals surface area contributed by atoms with E-state index < -0.39 is 0 Å². The molecule has 90 valence electrons. The molecule has 0 atom stereocenters. The van der Waals surface area contributed by atoms with Crippen LogP contribution in [0.4, 0.5) is 5.82 Å². The summed E-state index contributed by atoms with van der Waals surface area (Å²) in [6.45, 7) is 5.62. The van der Waals surface area contributed by atoms with Gasteiger partial charge in [-0.15, -0.1) is 0 Å². The van der Waals surface area contributed by atoms with Gasteiger partial charge in [-0.1, -0.05) is 13.8 Å². The molecule has 1 aliphatic rings. The maximum Gasteiger partial charge on any atom is 0.127 e. The number of aryl methyl sites for hydroxylation is 1. The van der Waals surface area contributed by atoms with Crippen LogP contribution in [0, 0.1) is 0 Å². The quantitative estimate of drug-likeness (QED) is 0.850. The Morgan fingerprint density at radius 3 is 2.75 bits per heavy atom. The van der Waals surface area contributed by atoms with Crippen molar-refractivity contribution in [2.75, 3.05) is 11.9 Å². The molecule has 3 heteroatoms. The van der Waals surface area contributed by atoms with Crippen molar-refractivity contribution in [3.63, 3.8) is 0 Å². The zero-order chi connectivity index (χ0) is 11.5. The van der Waals surface area contributed by atoms with Gasteiger partial charge in [0, 0.05) is 25.1 Å². The third-order valence-electron chi connectivity index (χ3n) is 3.69. The highest BCUT2D eigenvalue weighted by Gasteiger charge is 2.22. The maximum atomic E-state index is 4.73. The van der Waals surface area contributed by atoms with Crippen molar-refractivity contribution in [2.45, 2.75) is 51.9 Å². The van der Waals surface area contributed by atoms with Crippen LogP contribution in [0.1, 0.15) is 56.7 Å². The van der Waals surface area contributed by atoms with Gasteiger partial charge in [-0.25, -0.2) is 0 Å². The topological polar surface area (TPSA) is 29.9 Å². The Kier molecular flexibility index (Phi) is 3.52. The van der Waals surface area contributed by atoms with Crippen LogP contribution >= 0.6 is 0 Å². The summed E-state index contributed by atoms with van der Waals surface area (Å²) in [5.41, 5.74) is 2.82. The fourth-order valence-electron chi connectivity index (χ4n) is 2.69. The standard InChI is InChI=1S/C13H23N3/c1-4-10(5-2)12-11-8-6-7-9-14-13(11)16(3)15-12/h10,14H,4-9H2,1-3H3. The van der Waals surface area contributed by atoms with Gasteiger partial charge in [-0.3, -0.25) is 4.68 Å². The summed E-state index contributed by atoms with van der Waals surface area (Å²) in [7, 11) is 2.06. The molecule has 0 aromatic carbocycles. The zero-order valence-corrected chi connectivity index (χ0v) is 10.7. The lowest BCUT2D eigenvalue weighted by molar-refractivity contribution is 0.596. The number of nitrogens with zero attached hydrogens (tertiary/aromatic N) is 2. The maximum absolute atomic E-state index is 4.73. The molecular formula is C13H23N3. The van der Waals surface area contributed by atoms with E-state index in [4.69, 9.17) is 5.10 Å². The van der Waals surface area contributed by atoms with Crippen molar-refractivity contribution in [3.05, 3.63) is 11.3 Å². The molecule has 1 aromatic rings. The van der Waals surface area contributed by atoms with Crippen molar-refractivity contribution in [2.24, 2.45) is 7.05 Å². The Balaban J connectivity index is 2.38. The SMILES string of the molecule is CCC(CC)c1nn(C)c2c1CCCCN2. The van der Waals surface area contributed by atoms with Crippen LogP contribution in [-0.4, -0.2) is 16.3 Å². The van der Waals surface area contributed by atoms with E-state index >= 15 is 0 Å². The molecule has 16 heavy (non-hydrogen) atoms. The molecule has 0 bridgehead atoms. The number of nitrogens with one attached hydrogen (secondary N) is 1. The summed E-state index contributed by atoms with van der Waals surface area (Å²) in [5.74, 6) is 1.90. The van der Waals surface area contributed by atoms with Crippen LogP contribution < -0.4 is 5.32 Å². The highest BCUT2D eigenvalue weighted by atomic mass is 15.3. The Morgan fingerprint density at radius 1 is 1.31 bits per heavy atom. The van der Waals surface area contributed by atoms with Gasteiger partial charge < -0.3 is 5.32 Å². The number of anilines is 1. The molecule has 0 aliphatic carbocycles. The molecular weight excluding hydrogens is 198 g/mol. The van der Waals surface area contributed by atoms with Crippen molar-refractivity contribution >= 4 is 5.82 Å². The molecule has 0 saturated carbocycles. The molecule has 2 heterocycles. The first-order chi connectivity index (χ1) is 7.77. The lowest BCUT2D eigenvalue weighted by atomic mass is 9.94. The highest BCUT2D eigenvalue weighted by molar-refractivity contribution is 5.49. The summed E-state index contributed by atoms with van der Waals surface area (Å²) in [6.07, 6.45) is 6.15. The predicted octanol–water partition coefficient (Wildman–Crippen LogP) is 3.07. The fraction of sp³-hybridized carbons (Fsp3) is 0.769. The van der Waals surface area contributed by atoms with Gasteiger partial charge >= 0.3 is 0 Å². The first-order valence-corrected chi connectivity index (χ1v) is 6.57. The minimum Gasteiger partial charge on any atom is -0.370 e. The highest BCUT2D eigenvalue weighted by Crippen LogP contribution is 2.32. The Bertz CT molecular complexity index is 350. The smallest absolute Gasteiger partial charge is 0.127 e. The van der Waals surface area contributed by atoms with E-state index in [9.17, 15) is 0 Å². The van der Waals surface area contributed by atoms with Crippen LogP contribution in [0.5, 0.6) is 0 Å². The van der Waals surface area contributed by atoms with E-state index in [0.29, 0.717) is 5.92 Å². The van der Waals surface area contributed by atoms with Gasteiger partial charge in [0.2, 0.25) is 0 Å². The van der Waals surface area contributed by atoms with Crippen molar-refractivity contribution < 1.29 is 0 Å². The average molecular weight is 221 g/mol.